The van der Waals surface area contributed by atoms with Crippen LogP contribution >= 0.6 is 0 Å². The number of imide groups is 1. The van der Waals surface area contributed by atoms with Gasteiger partial charge in [-0.2, -0.15) is 0 Å². The molecule has 10 heteroatoms. The van der Waals surface area contributed by atoms with Gasteiger partial charge in [-0.1, -0.05) is 12.1 Å². The van der Waals surface area contributed by atoms with E-state index in [1.807, 2.05) is 0 Å². The Bertz CT molecular complexity index is 1030. The van der Waals surface area contributed by atoms with Crippen molar-refractivity contribution in [3.8, 4) is 5.75 Å². The molecule has 0 saturated carbocycles. The van der Waals surface area contributed by atoms with Crippen LogP contribution in [0, 0.1) is 0 Å². The van der Waals surface area contributed by atoms with Gasteiger partial charge in [-0.25, -0.2) is 13.1 Å². The summed E-state index contributed by atoms with van der Waals surface area (Å²) in [6.45, 7) is 0.0131. The standard InChI is InChI=1S/C20H21N3O6S/c1-29-14-6-8-15(9-7-14)30(27,28)22-12-11-21-18(24)10-13-23-19(25)16-4-2-3-5-17(16)20(23)26/h2-9,22H,10-13H2,1H3,(H,21,24). The van der Waals surface area contributed by atoms with Crippen molar-refractivity contribution in [2.45, 2.75) is 11.3 Å². The lowest BCUT2D eigenvalue weighted by molar-refractivity contribution is -0.121. The summed E-state index contributed by atoms with van der Waals surface area (Å²) in [4.78, 5) is 37.6. The number of ether oxygens (including phenoxy) is 1. The molecule has 2 N–H and O–H groups in total. The van der Waals surface area contributed by atoms with Crippen LogP contribution in [0.1, 0.15) is 27.1 Å². The summed E-state index contributed by atoms with van der Waals surface area (Å²) in [6.07, 6.45) is -0.0727. The smallest absolute Gasteiger partial charge is 0.261 e. The Morgan fingerprint density at radius 2 is 1.57 bits per heavy atom. The lowest BCUT2D eigenvalue weighted by Crippen LogP contribution is -2.37. The first kappa shape index (κ1) is 21.5. The molecule has 2 aromatic carbocycles. The van der Waals surface area contributed by atoms with Crippen LogP contribution in [0.15, 0.2) is 53.4 Å². The molecule has 30 heavy (non-hydrogen) atoms. The van der Waals surface area contributed by atoms with Crippen LogP contribution in [-0.4, -0.2) is 57.8 Å². The van der Waals surface area contributed by atoms with E-state index < -0.39 is 27.7 Å². The van der Waals surface area contributed by atoms with E-state index in [1.165, 1.54) is 31.4 Å². The molecule has 9 nitrogen and oxygen atoms in total. The monoisotopic (exact) mass is 431 g/mol. The van der Waals surface area contributed by atoms with Gasteiger partial charge in [-0.05, 0) is 36.4 Å². The van der Waals surface area contributed by atoms with Crippen LogP contribution < -0.4 is 14.8 Å². The number of nitrogens with zero attached hydrogens (tertiary/aromatic N) is 1. The number of fused-ring (bicyclic) bond motifs is 1. The zero-order chi connectivity index (χ0) is 21.7. The number of amides is 3. The molecule has 0 unspecified atom stereocenters. The van der Waals surface area contributed by atoms with Crippen LogP contribution in [0.2, 0.25) is 0 Å². The molecule has 158 valence electrons. The number of carbonyl (C=O) groups excluding carboxylic acids is 3. The van der Waals surface area contributed by atoms with Crippen LogP contribution in [0.4, 0.5) is 0 Å². The van der Waals surface area contributed by atoms with Crippen LogP contribution in [0.5, 0.6) is 5.75 Å². The van der Waals surface area contributed by atoms with E-state index >= 15 is 0 Å². The predicted octanol–water partition coefficient (Wildman–Crippen LogP) is 0.776. The minimum Gasteiger partial charge on any atom is -0.497 e. The summed E-state index contributed by atoms with van der Waals surface area (Å²) in [5, 5.41) is 2.56. The van der Waals surface area contributed by atoms with Crippen molar-refractivity contribution in [1.82, 2.24) is 14.9 Å². The highest BCUT2D eigenvalue weighted by Crippen LogP contribution is 2.22. The van der Waals surface area contributed by atoms with Gasteiger partial charge in [-0.3, -0.25) is 19.3 Å². The summed E-state index contributed by atoms with van der Waals surface area (Å²) >= 11 is 0. The second kappa shape index (κ2) is 9.06. The molecule has 3 rings (SSSR count). The van der Waals surface area contributed by atoms with Crippen molar-refractivity contribution in [3.63, 3.8) is 0 Å². The maximum absolute atomic E-state index is 12.3. The predicted molar refractivity (Wildman–Crippen MR) is 108 cm³/mol. The molecule has 0 atom stereocenters. The third-order valence-corrected chi connectivity index (χ3v) is 6.03. The average molecular weight is 431 g/mol. The summed E-state index contributed by atoms with van der Waals surface area (Å²) in [7, 11) is -2.22. The highest BCUT2D eigenvalue weighted by Gasteiger charge is 2.34. The molecule has 1 aliphatic rings. The molecule has 0 saturated heterocycles. The summed E-state index contributed by atoms with van der Waals surface area (Å²) in [5.41, 5.74) is 0.659. The molecule has 1 heterocycles. The first-order valence-corrected chi connectivity index (χ1v) is 10.7. The van der Waals surface area contributed by atoms with E-state index in [4.69, 9.17) is 4.74 Å². The molecule has 0 spiro atoms. The van der Waals surface area contributed by atoms with Gasteiger partial charge in [0.25, 0.3) is 11.8 Å². The fourth-order valence-corrected chi connectivity index (χ4v) is 4.00. The number of sulfonamides is 1. The minimum absolute atomic E-state index is 0.00683. The van der Waals surface area contributed by atoms with Crippen LogP contribution in [0.25, 0.3) is 0 Å². The number of hydrogen-bond acceptors (Lipinski definition) is 6. The minimum atomic E-state index is -3.71. The molecular formula is C20H21N3O6S. The zero-order valence-electron chi connectivity index (χ0n) is 16.3. The summed E-state index contributed by atoms with van der Waals surface area (Å²) in [5.74, 6) is -0.694. The van der Waals surface area contributed by atoms with Gasteiger partial charge < -0.3 is 10.1 Å². The average Bonchev–Trinajstić information content (AvgIpc) is 3.00. The molecule has 0 aromatic heterocycles. The molecule has 0 radical (unpaired) electrons. The Morgan fingerprint density at radius 1 is 0.967 bits per heavy atom. The molecular weight excluding hydrogens is 410 g/mol. The van der Waals surface area contributed by atoms with Crippen molar-refractivity contribution in [3.05, 3.63) is 59.7 Å². The van der Waals surface area contributed by atoms with Crippen molar-refractivity contribution in [1.29, 1.82) is 0 Å². The first-order valence-electron chi connectivity index (χ1n) is 9.19. The number of nitrogens with one attached hydrogen (secondary N) is 2. The van der Waals surface area contributed by atoms with Gasteiger partial charge in [0.15, 0.2) is 0 Å². The summed E-state index contributed by atoms with van der Waals surface area (Å²) in [6, 6.07) is 12.4. The van der Waals surface area contributed by atoms with Crippen LogP contribution in [-0.2, 0) is 14.8 Å². The maximum atomic E-state index is 12.3. The van der Waals surface area contributed by atoms with E-state index in [9.17, 15) is 22.8 Å². The van der Waals surface area contributed by atoms with E-state index in [0.717, 1.165) is 4.90 Å². The fourth-order valence-electron chi connectivity index (χ4n) is 2.97. The number of rotatable bonds is 9. The topological polar surface area (TPSA) is 122 Å². The molecule has 2 aromatic rings. The summed E-state index contributed by atoms with van der Waals surface area (Å²) < 4.78 is 31.8. The van der Waals surface area contributed by atoms with Crippen molar-refractivity contribution >= 4 is 27.7 Å². The number of carbonyl (C=O) groups is 3. The van der Waals surface area contributed by atoms with E-state index in [2.05, 4.69) is 10.0 Å². The van der Waals surface area contributed by atoms with Crippen molar-refractivity contribution in [2.24, 2.45) is 0 Å². The fraction of sp³-hybridized carbons (Fsp3) is 0.250. The van der Waals surface area contributed by atoms with E-state index in [1.54, 1.807) is 24.3 Å². The van der Waals surface area contributed by atoms with Crippen molar-refractivity contribution < 1.29 is 27.5 Å². The highest BCUT2D eigenvalue weighted by atomic mass is 32.2. The van der Waals surface area contributed by atoms with Gasteiger partial charge in [0.05, 0.1) is 23.1 Å². The Labute approximate surface area is 174 Å². The lowest BCUT2D eigenvalue weighted by atomic mass is 10.1. The Morgan fingerprint density at radius 3 is 2.13 bits per heavy atom. The lowest BCUT2D eigenvalue weighted by Gasteiger charge is -2.13. The molecule has 0 bridgehead atoms. The SMILES string of the molecule is COc1ccc(S(=O)(=O)NCCNC(=O)CCN2C(=O)c3ccccc3C2=O)cc1. The van der Waals surface area contributed by atoms with E-state index in [-0.39, 0.29) is 31.0 Å². The number of methoxy groups -OCH3 is 1. The maximum Gasteiger partial charge on any atom is 0.261 e. The molecule has 0 fully saturated rings. The number of benzene rings is 2. The molecule has 3 amide bonds. The van der Waals surface area contributed by atoms with Gasteiger partial charge in [0, 0.05) is 26.1 Å². The largest absolute Gasteiger partial charge is 0.497 e. The Kier molecular flexibility index (Phi) is 6.48. The normalized spacial score (nSPS) is 13.3. The van der Waals surface area contributed by atoms with Gasteiger partial charge >= 0.3 is 0 Å². The molecule has 1 aliphatic heterocycles. The van der Waals surface area contributed by atoms with Gasteiger partial charge in [0.1, 0.15) is 5.75 Å². The van der Waals surface area contributed by atoms with Crippen LogP contribution in [0.3, 0.4) is 0 Å². The third kappa shape index (κ3) is 4.66. The second-order valence-corrected chi connectivity index (χ2v) is 8.25. The van der Waals surface area contributed by atoms with Crippen molar-refractivity contribution in [2.75, 3.05) is 26.7 Å². The van der Waals surface area contributed by atoms with Gasteiger partial charge in [0.2, 0.25) is 15.9 Å². The van der Waals surface area contributed by atoms with E-state index in [0.29, 0.717) is 16.9 Å². The third-order valence-electron chi connectivity index (χ3n) is 4.55. The number of hydrogen-bond donors (Lipinski definition) is 2. The first-order chi connectivity index (χ1) is 14.3. The molecule has 0 aliphatic carbocycles. The van der Waals surface area contributed by atoms with Gasteiger partial charge in [-0.15, -0.1) is 0 Å². The quantitative estimate of drug-likeness (QED) is 0.447. The second-order valence-electron chi connectivity index (χ2n) is 6.48. The highest BCUT2D eigenvalue weighted by molar-refractivity contribution is 7.89. The Hall–Kier alpha value is -3.24. The Balaban J connectivity index is 1.42. The zero-order valence-corrected chi connectivity index (χ0v) is 17.1.